The number of rotatable bonds is 7. The number of nitrogens with one attached hydrogen (secondary N) is 1. The molecule has 1 saturated heterocycles. The molecule has 2 bridgehead atoms. The Balaban J connectivity index is 1.38. The molecule has 11 heteroatoms. The number of H-pyrrole nitrogens is 1. The van der Waals surface area contributed by atoms with E-state index in [0.717, 1.165) is 21.9 Å². The number of aromatic nitrogens is 1. The average molecular weight is 531 g/mol. The van der Waals surface area contributed by atoms with Crippen molar-refractivity contribution in [1.82, 2.24) is 9.88 Å². The summed E-state index contributed by atoms with van der Waals surface area (Å²) < 4.78 is 5.63. The van der Waals surface area contributed by atoms with Crippen molar-refractivity contribution in [2.24, 2.45) is 29.6 Å². The highest BCUT2D eigenvalue weighted by atomic mass is 32.2. The Morgan fingerprint density at radius 1 is 1.19 bits per heavy atom. The third-order valence-corrected chi connectivity index (χ3v) is 10.8. The van der Waals surface area contributed by atoms with Crippen molar-refractivity contribution in [2.45, 2.75) is 42.4 Å². The lowest BCUT2D eigenvalue weighted by molar-refractivity contribution is -0.142. The molecule has 9 nitrogen and oxygen atoms in total. The van der Waals surface area contributed by atoms with Crippen molar-refractivity contribution in [1.29, 1.82) is 0 Å². The Labute approximate surface area is 214 Å². The van der Waals surface area contributed by atoms with Crippen LogP contribution in [0.4, 0.5) is 0 Å². The van der Waals surface area contributed by atoms with E-state index in [4.69, 9.17) is 9.84 Å². The summed E-state index contributed by atoms with van der Waals surface area (Å²) in [6.07, 6.45) is 0.946. The molecule has 0 spiro atoms. The van der Waals surface area contributed by atoms with Crippen LogP contribution < -0.4 is 9.61 Å². The third-order valence-electron chi connectivity index (χ3n) is 8.23. The Kier molecular flexibility index (Phi) is 5.67. The highest BCUT2D eigenvalue weighted by Gasteiger charge is 2.69. The van der Waals surface area contributed by atoms with Gasteiger partial charge in [-0.25, -0.2) is 0 Å². The first-order chi connectivity index (χ1) is 17.3. The van der Waals surface area contributed by atoms with Gasteiger partial charge in [-0.05, 0) is 55.2 Å². The second-order valence-corrected chi connectivity index (χ2v) is 12.1. The predicted octanol–water partition coefficient (Wildman–Crippen LogP) is 2.88. The predicted molar refractivity (Wildman–Crippen MR) is 131 cm³/mol. The number of imide groups is 1. The normalized spacial score (nSPS) is 31.9. The number of thioether (sulfide) groups is 1. The van der Waals surface area contributed by atoms with Crippen molar-refractivity contribution < 1.29 is 29.3 Å². The fourth-order valence-electron chi connectivity index (χ4n) is 7.06. The first-order valence-electron chi connectivity index (χ1n) is 12.2. The summed E-state index contributed by atoms with van der Waals surface area (Å²) >= 11 is 2.80. The minimum absolute atomic E-state index is 0.0125. The number of likely N-dealkylation sites (tertiary alicyclic amines) is 1. The maximum Gasteiger partial charge on any atom is 0.305 e. The molecule has 1 aromatic carbocycles. The molecule has 2 aliphatic carbocycles. The molecule has 3 N–H and O–H groups in total. The van der Waals surface area contributed by atoms with Gasteiger partial charge in [-0.1, -0.05) is 17.4 Å². The lowest BCUT2D eigenvalue weighted by Crippen LogP contribution is -2.42. The molecular weight excluding hydrogens is 504 g/mol. The molecule has 4 aliphatic rings. The minimum Gasteiger partial charge on any atom is -0.504 e. The number of phenolic OH excluding ortho intramolecular Hbond substituents is 1. The number of aromatic hydroxyl groups is 1. The highest BCUT2D eigenvalue weighted by Crippen LogP contribution is 2.68. The van der Waals surface area contributed by atoms with E-state index in [1.54, 1.807) is 17.8 Å². The minimum atomic E-state index is -0.944. The van der Waals surface area contributed by atoms with Gasteiger partial charge in [0.15, 0.2) is 11.5 Å². The Hall–Kier alpha value is -2.79. The molecule has 2 saturated carbocycles. The number of carboxylic acid groups (broad SMARTS) is 1. The summed E-state index contributed by atoms with van der Waals surface area (Å²) in [6, 6.07) is 5.29. The zero-order valence-electron chi connectivity index (χ0n) is 19.5. The Morgan fingerprint density at radius 2 is 1.94 bits per heavy atom. The topological polar surface area (TPSA) is 137 Å². The van der Waals surface area contributed by atoms with Crippen molar-refractivity contribution in [3.63, 3.8) is 0 Å². The van der Waals surface area contributed by atoms with Gasteiger partial charge in [-0.2, -0.15) is 0 Å². The summed E-state index contributed by atoms with van der Waals surface area (Å²) in [7, 11) is 0. The number of fused-ring (bicyclic) bond motifs is 9. The number of hydrogen-bond donors (Lipinski definition) is 3. The number of hydrogen-bond acceptors (Lipinski definition) is 8. The van der Waals surface area contributed by atoms with Crippen LogP contribution >= 0.6 is 23.1 Å². The fourth-order valence-corrected chi connectivity index (χ4v) is 9.94. The molecule has 2 amide bonds. The van der Waals surface area contributed by atoms with E-state index in [1.165, 1.54) is 16.2 Å². The first-order valence-corrected chi connectivity index (χ1v) is 13.9. The summed E-state index contributed by atoms with van der Waals surface area (Å²) in [6.45, 7) is 2.38. The number of carboxylic acids is 1. The maximum absolute atomic E-state index is 13.5. The number of aromatic amines is 1. The van der Waals surface area contributed by atoms with Crippen molar-refractivity contribution in [3.8, 4) is 11.5 Å². The van der Waals surface area contributed by atoms with E-state index < -0.39 is 11.9 Å². The van der Waals surface area contributed by atoms with Crippen LogP contribution in [-0.2, 0) is 14.4 Å². The van der Waals surface area contributed by atoms with E-state index in [2.05, 4.69) is 4.98 Å². The molecule has 3 fully saturated rings. The van der Waals surface area contributed by atoms with Gasteiger partial charge in [0.25, 0.3) is 0 Å². The van der Waals surface area contributed by atoms with Gasteiger partial charge in [0, 0.05) is 29.0 Å². The lowest BCUT2D eigenvalue weighted by atomic mass is 9.68. The second-order valence-electron chi connectivity index (χ2n) is 9.95. The van der Waals surface area contributed by atoms with Crippen LogP contribution in [0.5, 0.6) is 11.5 Å². The molecule has 36 heavy (non-hydrogen) atoms. The largest absolute Gasteiger partial charge is 0.504 e. The van der Waals surface area contributed by atoms with Crippen LogP contribution in [0.3, 0.4) is 0 Å². The number of nitrogens with zero attached hydrogens (tertiary/aromatic N) is 1. The van der Waals surface area contributed by atoms with Crippen LogP contribution in [0.1, 0.15) is 42.5 Å². The Bertz CT molecular complexity index is 1320. The molecular formula is C25H26N2O7S2. The van der Waals surface area contributed by atoms with Gasteiger partial charge in [0.2, 0.25) is 11.8 Å². The van der Waals surface area contributed by atoms with Crippen LogP contribution in [0.25, 0.3) is 0 Å². The van der Waals surface area contributed by atoms with E-state index in [1.807, 2.05) is 19.1 Å². The number of aliphatic carboxylic acids is 1. The summed E-state index contributed by atoms with van der Waals surface area (Å²) in [5.74, 6) is -1.77. The summed E-state index contributed by atoms with van der Waals surface area (Å²) in [5.41, 5.74) is 0.919. The van der Waals surface area contributed by atoms with Crippen molar-refractivity contribution in [2.75, 3.05) is 13.2 Å². The first kappa shape index (κ1) is 23.6. The Morgan fingerprint density at radius 3 is 2.67 bits per heavy atom. The van der Waals surface area contributed by atoms with Crippen molar-refractivity contribution >= 4 is 40.9 Å². The van der Waals surface area contributed by atoms with Crippen LogP contribution in [-0.4, -0.2) is 56.3 Å². The monoisotopic (exact) mass is 530 g/mol. The average Bonchev–Trinajstić information content (AvgIpc) is 3.56. The zero-order valence-corrected chi connectivity index (χ0v) is 21.1. The molecule has 7 atom stereocenters. The number of thiazole rings is 1. The molecule has 3 heterocycles. The van der Waals surface area contributed by atoms with Gasteiger partial charge in [-0.3, -0.25) is 24.1 Å². The smallest absolute Gasteiger partial charge is 0.305 e. The van der Waals surface area contributed by atoms with Gasteiger partial charge in [0.1, 0.15) is 0 Å². The fraction of sp³-hybridized carbons (Fsp3) is 0.520. The molecule has 0 radical (unpaired) electrons. The van der Waals surface area contributed by atoms with Crippen molar-refractivity contribution in [3.05, 3.63) is 38.3 Å². The van der Waals surface area contributed by atoms with Crippen LogP contribution in [0.15, 0.2) is 28.0 Å². The molecule has 2 aromatic rings. The van der Waals surface area contributed by atoms with Gasteiger partial charge < -0.3 is 19.9 Å². The van der Waals surface area contributed by atoms with Gasteiger partial charge in [-0.15, -0.1) is 11.8 Å². The lowest BCUT2D eigenvalue weighted by Gasteiger charge is -2.43. The molecule has 6 rings (SSSR count). The molecule has 2 aliphatic heterocycles. The third kappa shape index (κ3) is 3.42. The number of carbonyl (C=O) groups excluding carboxylic acids is 2. The van der Waals surface area contributed by atoms with Gasteiger partial charge >= 0.3 is 10.8 Å². The van der Waals surface area contributed by atoms with E-state index >= 15 is 0 Å². The van der Waals surface area contributed by atoms with E-state index in [0.29, 0.717) is 12.4 Å². The second kappa shape index (κ2) is 8.65. The number of ether oxygens (including phenoxy) is 1. The molecule has 0 unspecified atom stereocenters. The molecule has 1 aromatic heterocycles. The maximum atomic E-state index is 13.5. The SMILES string of the molecule is CCOc1cc([C@H]2c3sc(=O)[nH]c3S[C@@H]3[C@H]4C[C@@H]([C@@H]5C(=O)N(CCCC(=O)O)C(=O)[C@@H]45)[C@@H]23)ccc1O. The standard InChI is InChI=1S/C25H26N2O7S2/c1-2-34-14-8-10(5-6-13(14)28)16-17-11-9-12(20(17)35-22-21(16)36-25(33)26-22)19-18(11)23(31)27(24(19)32)7-3-4-15(29)30/h5-6,8,11-12,16-20,28H,2-4,7,9H2,1H3,(H,26,33)(H,29,30)/t11-,12+,16-,17+,18+,19+,20-/m1/s1. The number of phenols is 1. The number of benzene rings is 1. The van der Waals surface area contributed by atoms with E-state index in [-0.39, 0.29) is 76.7 Å². The summed E-state index contributed by atoms with van der Waals surface area (Å²) in [5, 5.41) is 20.1. The van der Waals surface area contributed by atoms with Gasteiger partial charge in [0.05, 0.1) is 23.5 Å². The van der Waals surface area contributed by atoms with Crippen LogP contribution in [0, 0.1) is 29.6 Å². The van der Waals surface area contributed by atoms with Crippen LogP contribution in [0.2, 0.25) is 0 Å². The highest BCUT2D eigenvalue weighted by molar-refractivity contribution is 8.00. The summed E-state index contributed by atoms with van der Waals surface area (Å²) in [4.78, 5) is 55.2. The molecule has 190 valence electrons. The zero-order chi connectivity index (χ0) is 25.3. The number of carbonyl (C=O) groups is 3. The van der Waals surface area contributed by atoms with E-state index in [9.17, 15) is 24.3 Å². The quantitative estimate of drug-likeness (QED) is 0.465. The number of amides is 2.